The minimum atomic E-state index is -0.636. The third-order valence-corrected chi connectivity index (χ3v) is 4.48. The van der Waals surface area contributed by atoms with E-state index in [0.717, 1.165) is 29.1 Å². The van der Waals surface area contributed by atoms with Crippen LogP contribution in [0.1, 0.15) is 22.1 Å². The van der Waals surface area contributed by atoms with Gasteiger partial charge in [0.15, 0.2) is 0 Å². The number of aliphatic hydroxyl groups excluding tert-OH is 1. The van der Waals surface area contributed by atoms with E-state index >= 15 is 0 Å². The largest absolute Gasteiger partial charge is 0.384 e. The Morgan fingerprint density at radius 3 is 3.00 bits per heavy atom. The van der Waals surface area contributed by atoms with Crippen molar-refractivity contribution < 1.29 is 5.11 Å². The van der Waals surface area contributed by atoms with E-state index in [-0.39, 0.29) is 0 Å². The van der Waals surface area contributed by atoms with Crippen molar-refractivity contribution in [1.82, 2.24) is 0 Å². The normalized spacial score (nSPS) is 15.4. The highest BCUT2D eigenvalue weighted by molar-refractivity contribution is 7.10. The van der Waals surface area contributed by atoms with Crippen molar-refractivity contribution in [2.75, 3.05) is 11.9 Å². The van der Waals surface area contributed by atoms with Crippen molar-refractivity contribution in [1.29, 1.82) is 0 Å². The fraction of sp³-hybridized carbons (Fsp3) is 0.231. The molecule has 0 spiro atoms. The molecule has 0 radical (unpaired) electrons. The molecule has 2 nitrogen and oxygen atoms in total. The highest BCUT2D eigenvalue weighted by Gasteiger charge is 2.22. The highest BCUT2D eigenvalue weighted by atomic mass is 35.5. The van der Waals surface area contributed by atoms with Crippen LogP contribution in [0, 0.1) is 0 Å². The standard InChI is InChI=1S/C13H12ClNOS/c14-10-5-7-17-13(10)12(16)9-3-1-2-8-4-6-15-11(8)9/h1-3,5,7,12,15-16H,4,6H2. The first-order valence-corrected chi connectivity index (χ1v) is 6.80. The van der Waals surface area contributed by atoms with Gasteiger partial charge in [0.1, 0.15) is 6.10 Å². The van der Waals surface area contributed by atoms with Crippen LogP contribution in [-0.4, -0.2) is 11.7 Å². The summed E-state index contributed by atoms with van der Waals surface area (Å²) in [6, 6.07) is 7.87. The monoisotopic (exact) mass is 265 g/mol. The minimum Gasteiger partial charge on any atom is -0.384 e. The zero-order valence-corrected chi connectivity index (χ0v) is 10.7. The molecule has 0 bridgehead atoms. The van der Waals surface area contributed by atoms with Gasteiger partial charge in [-0.05, 0) is 23.4 Å². The summed E-state index contributed by atoms with van der Waals surface area (Å²) in [6.07, 6.45) is 0.386. The number of hydrogen-bond donors (Lipinski definition) is 2. The Hall–Kier alpha value is -1.03. The van der Waals surface area contributed by atoms with Crippen molar-refractivity contribution in [3.8, 4) is 0 Å². The van der Waals surface area contributed by atoms with E-state index in [1.54, 1.807) is 0 Å². The topological polar surface area (TPSA) is 32.3 Å². The predicted octanol–water partition coefficient (Wildman–Crippen LogP) is 3.45. The van der Waals surface area contributed by atoms with Crippen LogP contribution in [-0.2, 0) is 6.42 Å². The molecule has 88 valence electrons. The van der Waals surface area contributed by atoms with Gasteiger partial charge in [-0.25, -0.2) is 0 Å². The highest BCUT2D eigenvalue weighted by Crippen LogP contribution is 2.38. The molecule has 1 unspecified atom stereocenters. The first kappa shape index (κ1) is 11.1. The molecule has 1 aliphatic heterocycles. The van der Waals surface area contributed by atoms with Gasteiger partial charge < -0.3 is 10.4 Å². The molecule has 1 aromatic carbocycles. The van der Waals surface area contributed by atoms with E-state index in [2.05, 4.69) is 11.4 Å². The molecule has 0 saturated carbocycles. The van der Waals surface area contributed by atoms with E-state index in [9.17, 15) is 5.11 Å². The average molecular weight is 266 g/mol. The number of thiophene rings is 1. The lowest BCUT2D eigenvalue weighted by Gasteiger charge is -2.14. The molecule has 1 atom stereocenters. The number of benzene rings is 1. The van der Waals surface area contributed by atoms with Crippen LogP contribution >= 0.6 is 22.9 Å². The van der Waals surface area contributed by atoms with Gasteiger partial charge in [-0.15, -0.1) is 11.3 Å². The van der Waals surface area contributed by atoms with Crippen LogP contribution in [0.15, 0.2) is 29.6 Å². The van der Waals surface area contributed by atoms with Crippen LogP contribution in [0.3, 0.4) is 0 Å². The van der Waals surface area contributed by atoms with E-state index in [0.29, 0.717) is 5.02 Å². The van der Waals surface area contributed by atoms with E-state index in [1.807, 2.05) is 23.6 Å². The second-order valence-electron chi connectivity index (χ2n) is 4.09. The number of hydrogen-bond acceptors (Lipinski definition) is 3. The van der Waals surface area contributed by atoms with Gasteiger partial charge in [0.05, 0.1) is 9.90 Å². The number of fused-ring (bicyclic) bond motifs is 1. The van der Waals surface area contributed by atoms with Gasteiger partial charge in [-0.1, -0.05) is 29.8 Å². The van der Waals surface area contributed by atoms with Gasteiger partial charge in [0.25, 0.3) is 0 Å². The second kappa shape index (κ2) is 4.33. The Kier molecular flexibility index (Phi) is 2.82. The first-order valence-electron chi connectivity index (χ1n) is 5.54. The lowest BCUT2D eigenvalue weighted by atomic mass is 10.0. The smallest absolute Gasteiger partial charge is 0.117 e. The van der Waals surface area contributed by atoms with Gasteiger partial charge in [0.2, 0.25) is 0 Å². The number of anilines is 1. The van der Waals surface area contributed by atoms with Gasteiger partial charge >= 0.3 is 0 Å². The lowest BCUT2D eigenvalue weighted by Crippen LogP contribution is -2.02. The number of halogens is 1. The van der Waals surface area contributed by atoms with Crippen LogP contribution in [0.25, 0.3) is 0 Å². The van der Waals surface area contributed by atoms with Gasteiger partial charge in [-0.2, -0.15) is 0 Å². The van der Waals surface area contributed by atoms with Crippen LogP contribution in [0.2, 0.25) is 5.02 Å². The Labute approximate surface area is 109 Å². The van der Waals surface area contributed by atoms with E-state index < -0.39 is 6.10 Å². The zero-order chi connectivity index (χ0) is 11.8. The quantitative estimate of drug-likeness (QED) is 0.872. The van der Waals surface area contributed by atoms with Crippen molar-refractivity contribution in [2.24, 2.45) is 0 Å². The number of aliphatic hydroxyl groups is 1. The third-order valence-electron chi connectivity index (χ3n) is 3.07. The van der Waals surface area contributed by atoms with Gasteiger partial charge in [-0.3, -0.25) is 0 Å². The molecular formula is C13H12ClNOS. The number of para-hydroxylation sites is 1. The lowest BCUT2D eigenvalue weighted by molar-refractivity contribution is 0.225. The van der Waals surface area contributed by atoms with Crippen LogP contribution in [0.4, 0.5) is 5.69 Å². The van der Waals surface area contributed by atoms with E-state index in [1.165, 1.54) is 16.9 Å². The summed E-state index contributed by atoms with van der Waals surface area (Å²) >= 11 is 7.55. The number of rotatable bonds is 2. The molecule has 0 amide bonds. The summed E-state index contributed by atoms with van der Waals surface area (Å²) in [7, 11) is 0. The fourth-order valence-corrected chi connectivity index (χ4v) is 3.40. The Morgan fingerprint density at radius 2 is 2.24 bits per heavy atom. The average Bonchev–Trinajstić information content (AvgIpc) is 2.95. The Morgan fingerprint density at radius 1 is 1.35 bits per heavy atom. The van der Waals surface area contributed by atoms with E-state index in [4.69, 9.17) is 11.6 Å². The van der Waals surface area contributed by atoms with Crippen molar-refractivity contribution in [3.63, 3.8) is 0 Å². The molecule has 4 heteroatoms. The third kappa shape index (κ3) is 1.84. The summed E-state index contributed by atoms with van der Waals surface area (Å²) in [4.78, 5) is 0.814. The van der Waals surface area contributed by atoms with Crippen molar-refractivity contribution in [2.45, 2.75) is 12.5 Å². The molecule has 0 fully saturated rings. The Balaban J connectivity index is 2.05. The second-order valence-corrected chi connectivity index (χ2v) is 5.45. The van der Waals surface area contributed by atoms with Crippen molar-refractivity contribution in [3.05, 3.63) is 50.7 Å². The minimum absolute atomic E-state index is 0.636. The van der Waals surface area contributed by atoms with Crippen LogP contribution in [0.5, 0.6) is 0 Å². The molecule has 0 saturated heterocycles. The molecule has 17 heavy (non-hydrogen) atoms. The summed E-state index contributed by atoms with van der Waals surface area (Å²) in [5, 5.41) is 16.3. The maximum absolute atomic E-state index is 10.4. The summed E-state index contributed by atoms with van der Waals surface area (Å²) in [5.74, 6) is 0. The summed E-state index contributed by atoms with van der Waals surface area (Å²) in [5.41, 5.74) is 3.27. The summed E-state index contributed by atoms with van der Waals surface area (Å²) < 4.78 is 0. The maximum atomic E-state index is 10.4. The molecule has 1 aliphatic rings. The SMILES string of the molecule is OC(c1cccc2c1NCC2)c1sccc1Cl. The van der Waals surface area contributed by atoms with Crippen LogP contribution < -0.4 is 5.32 Å². The molecule has 2 heterocycles. The molecule has 2 N–H and O–H groups in total. The van der Waals surface area contributed by atoms with Gasteiger partial charge in [0, 0.05) is 17.8 Å². The zero-order valence-electron chi connectivity index (χ0n) is 9.11. The first-order chi connectivity index (χ1) is 8.27. The molecule has 1 aromatic heterocycles. The maximum Gasteiger partial charge on any atom is 0.117 e. The fourth-order valence-electron chi connectivity index (χ4n) is 2.24. The Bertz CT molecular complexity index is 552. The summed E-state index contributed by atoms with van der Waals surface area (Å²) in [6.45, 7) is 0.942. The predicted molar refractivity (Wildman–Crippen MR) is 72.0 cm³/mol. The number of nitrogens with one attached hydrogen (secondary N) is 1. The molecule has 0 aliphatic carbocycles. The molecule has 3 rings (SSSR count). The molecule has 2 aromatic rings. The van der Waals surface area contributed by atoms with Crippen molar-refractivity contribution >= 4 is 28.6 Å². The molecular weight excluding hydrogens is 254 g/mol.